The second-order valence-electron chi connectivity index (χ2n) is 2.11. The number of hydrogen-bond acceptors (Lipinski definition) is 2. The van der Waals surface area contributed by atoms with E-state index in [9.17, 15) is 0 Å². The van der Waals surface area contributed by atoms with Gasteiger partial charge < -0.3 is 10.5 Å². The van der Waals surface area contributed by atoms with Crippen molar-refractivity contribution in [3.05, 3.63) is 0 Å². The SMILES string of the molecule is COC[C@@H]1C[C@H]1N.Cl. The van der Waals surface area contributed by atoms with E-state index in [0.717, 1.165) is 13.0 Å². The minimum absolute atomic E-state index is 0. The molecule has 1 aliphatic rings. The molecule has 0 aromatic carbocycles. The lowest BCUT2D eigenvalue weighted by atomic mass is 10.4. The molecule has 0 aliphatic heterocycles. The highest BCUT2D eigenvalue weighted by atomic mass is 35.5. The van der Waals surface area contributed by atoms with Gasteiger partial charge in [0.2, 0.25) is 0 Å². The Morgan fingerprint density at radius 3 is 2.38 bits per heavy atom. The maximum atomic E-state index is 5.47. The maximum absolute atomic E-state index is 5.47. The Hall–Kier alpha value is 0.210. The highest BCUT2D eigenvalue weighted by Gasteiger charge is 2.32. The fourth-order valence-corrected chi connectivity index (χ4v) is 0.677. The molecule has 0 heterocycles. The second kappa shape index (κ2) is 3.28. The molecule has 2 N–H and O–H groups in total. The molecule has 50 valence electrons. The van der Waals surface area contributed by atoms with Gasteiger partial charge in [-0.05, 0) is 12.3 Å². The predicted molar refractivity (Wildman–Crippen MR) is 35.2 cm³/mol. The summed E-state index contributed by atoms with van der Waals surface area (Å²) in [4.78, 5) is 0. The van der Waals surface area contributed by atoms with Crippen LogP contribution in [-0.2, 0) is 4.74 Å². The van der Waals surface area contributed by atoms with Crippen molar-refractivity contribution in [2.24, 2.45) is 11.7 Å². The number of methoxy groups -OCH3 is 1. The number of ether oxygens (including phenoxy) is 1. The van der Waals surface area contributed by atoms with E-state index in [-0.39, 0.29) is 12.4 Å². The van der Waals surface area contributed by atoms with E-state index < -0.39 is 0 Å². The van der Waals surface area contributed by atoms with Crippen molar-refractivity contribution in [1.82, 2.24) is 0 Å². The summed E-state index contributed by atoms with van der Waals surface area (Å²) in [7, 11) is 1.71. The van der Waals surface area contributed by atoms with Crippen molar-refractivity contribution >= 4 is 12.4 Å². The number of rotatable bonds is 2. The lowest BCUT2D eigenvalue weighted by Crippen LogP contribution is -2.05. The smallest absolute Gasteiger partial charge is 0.0505 e. The van der Waals surface area contributed by atoms with E-state index in [0.29, 0.717) is 12.0 Å². The average molecular weight is 138 g/mol. The Kier molecular flexibility index (Phi) is 3.36. The van der Waals surface area contributed by atoms with Crippen molar-refractivity contribution in [3.8, 4) is 0 Å². The fraction of sp³-hybridized carbons (Fsp3) is 1.00. The normalized spacial score (nSPS) is 33.8. The van der Waals surface area contributed by atoms with Gasteiger partial charge >= 0.3 is 0 Å². The van der Waals surface area contributed by atoms with Crippen LogP contribution in [0.3, 0.4) is 0 Å². The largest absolute Gasteiger partial charge is 0.384 e. The molecular formula is C5H12ClNO. The van der Waals surface area contributed by atoms with Crippen LogP contribution in [0.5, 0.6) is 0 Å². The van der Waals surface area contributed by atoms with E-state index in [2.05, 4.69) is 0 Å². The van der Waals surface area contributed by atoms with Crippen LogP contribution in [0.4, 0.5) is 0 Å². The molecule has 0 aromatic heterocycles. The van der Waals surface area contributed by atoms with Crippen LogP contribution in [0.15, 0.2) is 0 Å². The Bertz CT molecular complexity index is 69.4. The summed E-state index contributed by atoms with van der Waals surface area (Å²) < 4.78 is 4.86. The van der Waals surface area contributed by atoms with Gasteiger partial charge in [-0.3, -0.25) is 0 Å². The van der Waals surface area contributed by atoms with Gasteiger partial charge in [0.05, 0.1) is 6.61 Å². The van der Waals surface area contributed by atoms with E-state index in [1.54, 1.807) is 7.11 Å². The molecule has 2 atom stereocenters. The highest BCUT2D eigenvalue weighted by Crippen LogP contribution is 2.27. The quantitative estimate of drug-likeness (QED) is 0.598. The predicted octanol–water partition coefficient (Wildman–Crippen LogP) is 0.402. The minimum atomic E-state index is 0. The van der Waals surface area contributed by atoms with Gasteiger partial charge in [0.1, 0.15) is 0 Å². The molecule has 1 aliphatic carbocycles. The Balaban J connectivity index is 0.000000490. The summed E-state index contributed by atoms with van der Waals surface area (Å²) >= 11 is 0. The molecule has 0 amide bonds. The average Bonchev–Trinajstić information content (AvgIpc) is 2.22. The first-order valence-corrected chi connectivity index (χ1v) is 2.59. The van der Waals surface area contributed by atoms with Gasteiger partial charge in [0, 0.05) is 13.2 Å². The molecule has 3 heteroatoms. The molecular weight excluding hydrogens is 126 g/mol. The summed E-state index contributed by atoms with van der Waals surface area (Å²) in [5.74, 6) is 0.671. The first kappa shape index (κ1) is 8.21. The lowest BCUT2D eigenvalue weighted by Gasteiger charge is -1.89. The number of hydrogen-bond donors (Lipinski definition) is 1. The summed E-state index contributed by atoms with van der Waals surface area (Å²) in [6.45, 7) is 0.848. The second-order valence-corrected chi connectivity index (χ2v) is 2.11. The summed E-state index contributed by atoms with van der Waals surface area (Å²) in [6, 6.07) is 0.444. The van der Waals surface area contributed by atoms with Crippen molar-refractivity contribution < 1.29 is 4.74 Å². The van der Waals surface area contributed by atoms with Gasteiger partial charge in [0.25, 0.3) is 0 Å². The maximum Gasteiger partial charge on any atom is 0.0505 e. The van der Waals surface area contributed by atoms with Crippen LogP contribution in [0, 0.1) is 5.92 Å². The van der Waals surface area contributed by atoms with Crippen LogP contribution in [0.2, 0.25) is 0 Å². The van der Waals surface area contributed by atoms with Crippen molar-refractivity contribution in [2.75, 3.05) is 13.7 Å². The third kappa shape index (κ3) is 1.99. The Labute approximate surface area is 55.8 Å². The molecule has 2 nitrogen and oxygen atoms in total. The molecule has 1 rings (SSSR count). The van der Waals surface area contributed by atoms with Crippen molar-refractivity contribution in [1.29, 1.82) is 0 Å². The third-order valence-electron chi connectivity index (χ3n) is 1.36. The zero-order valence-electron chi connectivity index (χ0n) is 4.96. The van der Waals surface area contributed by atoms with E-state index in [4.69, 9.17) is 10.5 Å². The Morgan fingerprint density at radius 2 is 2.25 bits per heavy atom. The molecule has 0 radical (unpaired) electrons. The molecule has 0 bridgehead atoms. The fourth-order valence-electron chi connectivity index (χ4n) is 0.677. The molecule has 0 unspecified atom stereocenters. The van der Waals surface area contributed by atoms with Gasteiger partial charge in [-0.1, -0.05) is 0 Å². The van der Waals surface area contributed by atoms with E-state index in [1.807, 2.05) is 0 Å². The van der Waals surface area contributed by atoms with Gasteiger partial charge in [-0.25, -0.2) is 0 Å². The van der Waals surface area contributed by atoms with Crippen molar-refractivity contribution in [3.63, 3.8) is 0 Å². The molecule has 0 aromatic rings. The third-order valence-corrected chi connectivity index (χ3v) is 1.36. The monoisotopic (exact) mass is 137 g/mol. The molecule has 1 fully saturated rings. The summed E-state index contributed by atoms with van der Waals surface area (Å²) in [5.41, 5.74) is 5.47. The van der Waals surface area contributed by atoms with Gasteiger partial charge in [0.15, 0.2) is 0 Å². The lowest BCUT2D eigenvalue weighted by molar-refractivity contribution is 0.184. The molecule has 0 spiro atoms. The standard InChI is InChI=1S/C5H11NO.ClH/c1-7-3-4-2-5(4)6;/h4-5H,2-3,6H2,1H3;1H/t4-,5+;/m0./s1. The number of halogens is 1. The zero-order chi connectivity index (χ0) is 5.28. The van der Waals surface area contributed by atoms with Crippen molar-refractivity contribution in [2.45, 2.75) is 12.5 Å². The van der Waals surface area contributed by atoms with Crippen LogP contribution in [0.25, 0.3) is 0 Å². The van der Waals surface area contributed by atoms with Crippen LogP contribution < -0.4 is 5.73 Å². The first-order valence-electron chi connectivity index (χ1n) is 2.59. The number of nitrogens with two attached hydrogens (primary N) is 1. The molecule has 8 heavy (non-hydrogen) atoms. The molecule has 0 saturated heterocycles. The first-order chi connectivity index (χ1) is 3.34. The van der Waals surface area contributed by atoms with Gasteiger partial charge in [-0.2, -0.15) is 0 Å². The van der Waals surface area contributed by atoms with E-state index in [1.165, 1.54) is 0 Å². The Morgan fingerprint density at radius 1 is 1.75 bits per heavy atom. The summed E-state index contributed by atoms with van der Waals surface area (Å²) in [5, 5.41) is 0. The summed E-state index contributed by atoms with van der Waals surface area (Å²) in [6.07, 6.45) is 1.16. The topological polar surface area (TPSA) is 35.2 Å². The van der Waals surface area contributed by atoms with Crippen LogP contribution in [0.1, 0.15) is 6.42 Å². The van der Waals surface area contributed by atoms with Crippen LogP contribution >= 0.6 is 12.4 Å². The zero-order valence-corrected chi connectivity index (χ0v) is 5.78. The van der Waals surface area contributed by atoms with Gasteiger partial charge in [-0.15, -0.1) is 12.4 Å². The highest BCUT2D eigenvalue weighted by molar-refractivity contribution is 5.85. The minimum Gasteiger partial charge on any atom is -0.384 e. The molecule has 1 saturated carbocycles. The van der Waals surface area contributed by atoms with Crippen LogP contribution in [-0.4, -0.2) is 19.8 Å². The van der Waals surface area contributed by atoms with E-state index >= 15 is 0 Å².